The summed E-state index contributed by atoms with van der Waals surface area (Å²) in [5.41, 5.74) is 4.71. The zero-order valence-electron chi connectivity index (χ0n) is 11.7. The predicted molar refractivity (Wildman–Crippen MR) is 81.7 cm³/mol. The third kappa shape index (κ3) is 3.82. The number of nitrogens with zero attached hydrogens (tertiary/aromatic N) is 1. The number of amides is 1. The molecule has 2 rings (SSSR count). The van der Waals surface area contributed by atoms with E-state index in [1.807, 2.05) is 12.1 Å². The summed E-state index contributed by atoms with van der Waals surface area (Å²) in [5, 5.41) is 9.75. The van der Waals surface area contributed by atoms with Gasteiger partial charge in [-0.25, -0.2) is 5.43 Å². The number of hydrogen-bond acceptors (Lipinski definition) is 3. The minimum Gasteiger partial charge on any atom is -0.302 e. The number of nitrogens with one attached hydrogen (secondary N) is 3. The topological polar surface area (TPSA) is 90.1 Å². The Bertz CT molecular complexity index is 728. The highest BCUT2D eigenvalue weighted by molar-refractivity contribution is 6.30. The molecular formula is C14H15ClN4O2. The fourth-order valence-corrected chi connectivity index (χ4v) is 1.91. The van der Waals surface area contributed by atoms with Gasteiger partial charge in [0.1, 0.15) is 0 Å². The van der Waals surface area contributed by atoms with Crippen LogP contribution in [-0.2, 0) is 11.2 Å². The summed E-state index contributed by atoms with van der Waals surface area (Å²) in [7, 11) is 0. The monoisotopic (exact) mass is 306 g/mol. The predicted octanol–water partition coefficient (Wildman–Crippen LogP) is 1.75. The van der Waals surface area contributed by atoms with Crippen LogP contribution in [-0.4, -0.2) is 21.8 Å². The number of carbonyl (C=O) groups excluding carboxylic acids is 1. The minimum absolute atomic E-state index is 0.0257. The second kappa shape index (κ2) is 6.41. The summed E-state index contributed by atoms with van der Waals surface area (Å²) < 4.78 is 0. The average Bonchev–Trinajstić information content (AvgIpc) is 2.77. The first-order valence-corrected chi connectivity index (χ1v) is 6.70. The van der Waals surface area contributed by atoms with Gasteiger partial charge in [-0.2, -0.15) is 5.10 Å². The molecule has 0 saturated carbocycles. The van der Waals surface area contributed by atoms with E-state index in [0.717, 1.165) is 5.56 Å². The molecule has 0 bridgehead atoms. The summed E-state index contributed by atoms with van der Waals surface area (Å²) in [5.74, 6) is -0.350. The summed E-state index contributed by atoms with van der Waals surface area (Å²) in [6.07, 6.45) is -0.0257. The first kappa shape index (κ1) is 15.1. The van der Waals surface area contributed by atoms with Crippen molar-refractivity contribution in [3.63, 3.8) is 0 Å². The summed E-state index contributed by atoms with van der Waals surface area (Å²) >= 11 is 5.81. The van der Waals surface area contributed by atoms with Gasteiger partial charge in [0.2, 0.25) is 5.91 Å². The Morgan fingerprint density at radius 2 is 1.95 bits per heavy atom. The second-order valence-corrected chi connectivity index (χ2v) is 5.03. The number of hydrazone groups is 1. The molecule has 0 aliphatic rings. The van der Waals surface area contributed by atoms with E-state index in [0.29, 0.717) is 22.0 Å². The lowest BCUT2D eigenvalue weighted by Gasteiger charge is -2.02. The lowest BCUT2D eigenvalue weighted by atomic mass is 10.1. The molecule has 0 atom stereocenters. The molecule has 0 spiro atoms. The van der Waals surface area contributed by atoms with Gasteiger partial charge in [-0.3, -0.25) is 14.7 Å². The molecule has 7 heteroatoms. The van der Waals surface area contributed by atoms with Crippen LogP contribution >= 0.6 is 11.6 Å². The lowest BCUT2D eigenvalue weighted by Crippen LogP contribution is -2.24. The van der Waals surface area contributed by atoms with Crippen LogP contribution in [0.1, 0.15) is 23.7 Å². The van der Waals surface area contributed by atoms with Crippen LogP contribution in [0.4, 0.5) is 0 Å². The van der Waals surface area contributed by atoms with E-state index >= 15 is 0 Å². The Morgan fingerprint density at radius 3 is 2.52 bits per heavy atom. The van der Waals surface area contributed by atoms with Crippen molar-refractivity contribution in [1.29, 1.82) is 0 Å². The zero-order valence-corrected chi connectivity index (χ0v) is 12.4. The molecule has 1 aromatic carbocycles. The van der Waals surface area contributed by atoms with Gasteiger partial charge in [0, 0.05) is 16.3 Å². The maximum absolute atomic E-state index is 11.8. The highest BCUT2D eigenvalue weighted by Crippen LogP contribution is 2.10. The van der Waals surface area contributed by atoms with Crippen LogP contribution in [0.15, 0.2) is 34.2 Å². The molecule has 0 aliphatic heterocycles. The van der Waals surface area contributed by atoms with Crippen molar-refractivity contribution in [2.45, 2.75) is 20.3 Å². The van der Waals surface area contributed by atoms with Crippen molar-refractivity contribution in [2.24, 2.45) is 5.10 Å². The molecule has 2 aromatic rings. The van der Waals surface area contributed by atoms with Gasteiger partial charge >= 0.3 is 0 Å². The molecule has 0 fully saturated rings. The molecule has 110 valence electrons. The van der Waals surface area contributed by atoms with E-state index in [4.69, 9.17) is 11.6 Å². The summed E-state index contributed by atoms with van der Waals surface area (Å²) in [4.78, 5) is 23.3. The largest absolute Gasteiger partial charge is 0.302 e. The highest BCUT2D eigenvalue weighted by Gasteiger charge is 2.11. The van der Waals surface area contributed by atoms with Gasteiger partial charge in [-0.05, 0) is 31.5 Å². The number of aromatic nitrogens is 2. The van der Waals surface area contributed by atoms with Crippen molar-refractivity contribution >= 4 is 23.2 Å². The zero-order chi connectivity index (χ0) is 15.4. The molecule has 6 nitrogen and oxygen atoms in total. The molecule has 3 N–H and O–H groups in total. The van der Waals surface area contributed by atoms with E-state index in [9.17, 15) is 9.59 Å². The number of aromatic amines is 2. The quantitative estimate of drug-likeness (QED) is 0.593. The highest BCUT2D eigenvalue weighted by atomic mass is 35.5. The van der Waals surface area contributed by atoms with Gasteiger partial charge in [0.05, 0.1) is 12.1 Å². The van der Waals surface area contributed by atoms with Gasteiger partial charge < -0.3 is 5.10 Å². The maximum Gasteiger partial charge on any atom is 0.267 e. The van der Waals surface area contributed by atoms with Crippen LogP contribution in [0.3, 0.4) is 0 Å². The molecule has 1 aromatic heterocycles. The maximum atomic E-state index is 11.8. The number of hydrogen-bond donors (Lipinski definition) is 3. The molecule has 1 heterocycles. The van der Waals surface area contributed by atoms with Crippen LogP contribution in [0.2, 0.25) is 5.02 Å². The van der Waals surface area contributed by atoms with E-state index in [1.165, 1.54) is 0 Å². The first-order valence-electron chi connectivity index (χ1n) is 6.32. The number of rotatable bonds is 4. The third-order valence-corrected chi connectivity index (χ3v) is 3.29. The standard InChI is InChI=1S/C14H15ClN4O2/c1-8(10-3-5-11(15)6-4-10)16-18-13(20)7-12-9(2)17-19-14(12)21/h3-6H,7H2,1-2H3,(H,18,20)(H2,17,19,21)/b16-8-. The van der Waals surface area contributed by atoms with Crippen LogP contribution in [0, 0.1) is 6.92 Å². The molecule has 0 saturated heterocycles. The SMILES string of the molecule is C/C(=N/NC(=O)Cc1c(C)[nH][nH]c1=O)c1ccc(Cl)cc1. The Morgan fingerprint density at radius 1 is 1.29 bits per heavy atom. The molecule has 0 unspecified atom stereocenters. The lowest BCUT2D eigenvalue weighted by molar-refractivity contribution is -0.120. The third-order valence-electron chi connectivity index (χ3n) is 3.04. The number of aryl methyl sites for hydroxylation is 1. The average molecular weight is 307 g/mol. The number of halogens is 1. The van der Waals surface area contributed by atoms with E-state index < -0.39 is 0 Å². The van der Waals surface area contributed by atoms with Gasteiger partial charge in [0.15, 0.2) is 0 Å². The fourth-order valence-electron chi connectivity index (χ4n) is 1.79. The van der Waals surface area contributed by atoms with E-state index in [2.05, 4.69) is 20.7 Å². The van der Waals surface area contributed by atoms with Crippen molar-refractivity contribution in [1.82, 2.24) is 15.6 Å². The molecular weight excluding hydrogens is 292 g/mol. The smallest absolute Gasteiger partial charge is 0.267 e. The van der Waals surface area contributed by atoms with Gasteiger partial charge in [-0.15, -0.1) is 0 Å². The van der Waals surface area contributed by atoms with Crippen molar-refractivity contribution in [2.75, 3.05) is 0 Å². The minimum atomic E-state index is -0.350. The molecule has 1 amide bonds. The normalized spacial score (nSPS) is 11.5. The summed E-state index contributed by atoms with van der Waals surface area (Å²) in [6.45, 7) is 3.50. The van der Waals surface area contributed by atoms with Crippen molar-refractivity contribution < 1.29 is 4.79 Å². The Kier molecular flexibility index (Phi) is 4.59. The Balaban J connectivity index is 2.01. The van der Waals surface area contributed by atoms with Crippen molar-refractivity contribution in [3.05, 3.63) is 56.5 Å². The Hall–Kier alpha value is -2.34. The Labute approximate surface area is 126 Å². The van der Waals surface area contributed by atoms with E-state index in [-0.39, 0.29) is 17.9 Å². The number of carbonyl (C=O) groups is 1. The molecule has 0 aliphatic carbocycles. The van der Waals surface area contributed by atoms with Crippen molar-refractivity contribution in [3.8, 4) is 0 Å². The fraction of sp³-hybridized carbons (Fsp3) is 0.214. The summed E-state index contributed by atoms with van der Waals surface area (Å²) in [6, 6.07) is 7.13. The van der Waals surface area contributed by atoms with E-state index in [1.54, 1.807) is 26.0 Å². The van der Waals surface area contributed by atoms with Crippen LogP contribution in [0.5, 0.6) is 0 Å². The number of benzene rings is 1. The first-order chi connectivity index (χ1) is 9.97. The van der Waals surface area contributed by atoms with Gasteiger partial charge in [-0.1, -0.05) is 23.7 Å². The molecule has 21 heavy (non-hydrogen) atoms. The van der Waals surface area contributed by atoms with Crippen LogP contribution in [0.25, 0.3) is 0 Å². The van der Waals surface area contributed by atoms with Gasteiger partial charge in [0.25, 0.3) is 5.56 Å². The number of H-pyrrole nitrogens is 2. The molecule has 0 radical (unpaired) electrons. The van der Waals surface area contributed by atoms with Crippen LogP contribution < -0.4 is 11.0 Å². The second-order valence-electron chi connectivity index (χ2n) is 4.60.